The summed E-state index contributed by atoms with van der Waals surface area (Å²) in [5.74, 6) is 0.453. The van der Waals surface area contributed by atoms with Gasteiger partial charge in [-0.15, -0.1) is 11.3 Å². The number of thiophene rings is 1. The van der Waals surface area contributed by atoms with Crippen molar-refractivity contribution in [2.45, 2.75) is 13.3 Å². The van der Waals surface area contributed by atoms with Crippen molar-refractivity contribution in [3.05, 3.63) is 28.2 Å². The number of nitrogens with zero attached hydrogens (tertiary/aromatic N) is 1. The van der Waals surface area contributed by atoms with Crippen LogP contribution in [0.25, 0.3) is 10.6 Å². The van der Waals surface area contributed by atoms with Gasteiger partial charge in [0.1, 0.15) is 0 Å². The summed E-state index contributed by atoms with van der Waals surface area (Å²) in [4.78, 5) is 12.7. The first kappa shape index (κ1) is 15.0. The molecule has 2 rings (SSSR count). The third kappa shape index (κ3) is 3.82. The van der Waals surface area contributed by atoms with E-state index in [4.69, 9.17) is 21.2 Å². The van der Waals surface area contributed by atoms with E-state index in [1.165, 1.54) is 11.3 Å². The van der Waals surface area contributed by atoms with Gasteiger partial charge in [0.05, 0.1) is 9.21 Å². The van der Waals surface area contributed by atoms with Crippen molar-refractivity contribution in [1.29, 1.82) is 0 Å². The molecule has 0 aliphatic rings. The van der Waals surface area contributed by atoms with Gasteiger partial charge in [-0.05, 0) is 24.5 Å². The number of hydrogen-bond donors (Lipinski definition) is 2. The zero-order valence-electron chi connectivity index (χ0n) is 10.9. The fourth-order valence-corrected chi connectivity index (χ4v) is 2.62. The van der Waals surface area contributed by atoms with E-state index in [-0.39, 0.29) is 24.1 Å². The minimum atomic E-state index is -0.285. The number of carbonyl (C=O) groups is 1. The summed E-state index contributed by atoms with van der Waals surface area (Å²) in [5.41, 5.74) is 0.237. The highest BCUT2D eigenvalue weighted by Gasteiger charge is 2.15. The van der Waals surface area contributed by atoms with E-state index in [2.05, 4.69) is 10.5 Å². The molecule has 5 nitrogen and oxygen atoms in total. The molecule has 0 aliphatic heterocycles. The summed E-state index contributed by atoms with van der Waals surface area (Å²) >= 11 is 7.21. The summed E-state index contributed by atoms with van der Waals surface area (Å²) in [6.45, 7) is 2.56. The molecule has 7 heteroatoms. The molecule has 0 saturated heterocycles. The third-order valence-corrected chi connectivity index (χ3v) is 4.04. The Balaban J connectivity index is 1.96. The fraction of sp³-hybridized carbons (Fsp3) is 0.385. The number of carbonyl (C=O) groups excluding carboxylic acids is 1. The van der Waals surface area contributed by atoms with E-state index in [1.54, 1.807) is 12.1 Å². The Bertz CT molecular complexity index is 582. The van der Waals surface area contributed by atoms with Gasteiger partial charge in [-0.2, -0.15) is 0 Å². The summed E-state index contributed by atoms with van der Waals surface area (Å²) in [5, 5.41) is 15.3. The third-order valence-electron chi connectivity index (χ3n) is 2.79. The average Bonchev–Trinajstić information content (AvgIpc) is 3.04. The molecular weight excluding hydrogens is 300 g/mol. The number of rotatable bonds is 6. The van der Waals surface area contributed by atoms with Crippen LogP contribution < -0.4 is 5.32 Å². The maximum absolute atomic E-state index is 11.9. The van der Waals surface area contributed by atoms with E-state index < -0.39 is 0 Å². The van der Waals surface area contributed by atoms with Crippen molar-refractivity contribution in [2.75, 3.05) is 13.2 Å². The largest absolute Gasteiger partial charge is 0.396 e. The van der Waals surface area contributed by atoms with Crippen LogP contribution in [0.3, 0.4) is 0 Å². The van der Waals surface area contributed by atoms with Gasteiger partial charge in [-0.3, -0.25) is 4.79 Å². The molecule has 20 heavy (non-hydrogen) atoms. The van der Waals surface area contributed by atoms with Gasteiger partial charge in [0, 0.05) is 19.2 Å². The van der Waals surface area contributed by atoms with Crippen molar-refractivity contribution >= 4 is 28.8 Å². The van der Waals surface area contributed by atoms with Gasteiger partial charge in [0.25, 0.3) is 5.91 Å². The van der Waals surface area contributed by atoms with E-state index in [0.717, 1.165) is 4.88 Å². The Morgan fingerprint density at radius 1 is 1.60 bits per heavy atom. The molecule has 1 atom stereocenters. The molecular formula is C13H15ClN2O3S. The van der Waals surface area contributed by atoms with E-state index in [1.807, 2.05) is 13.0 Å². The Labute approximate surface area is 125 Å². The minimum absolute atomic E-state index is 0.115. The van der Waals surface area contributed by atoms with Crippen LogP contribution in [0.15, 0.2) is 22.7 Å². The highest BCUT2D eigenvalue weighted by atomic mass is 35.5. The Morgan fingerprint density at radius 3 is 3.05 bits per heavy atom. The topological polar surface area (TPSA) is 75.4 Å². The van der Waals surface area contributed by atoms with Gasteiger partial charge in [-0.25, -0.2) is 0 Å². The molecule has 0 bridgehead atoms. The Morgan fingerprint density at radius 2 is 2.40 bits per heavy atom. The Kier molecular flexibility index (Phi) is 5.17. The predicted molar refractivity (Wildman–Crippen MR) is 78.0 cm³/mol. The second kappa shape index (κ2) is 6.88. The van der Waals surface area contributed by atoms with E-state index >= 15 is 0 Å². The first-order valence-corrected chi connectivity index (χ1v) is 7.41. The Hall–Kier alpha value is -1.37. The standard InChI is InChI=1S/C13H15ClN2O3S/c1-8(4-5-17)7-15-13(18)9-6-10(19-16-9)11-2-3-12(14)20-11/h2-3,6,8,17H,4-5,7H2,1H3,(H,15,18). The SMILES string of the molecule is CC(CCO)CNC(=O)c1cc(-c2ccc(Cl)s2)on1. The number of nitrogens with one attached hydrogen (secondary N) is 1. The average molecular weight is 315 g/mol. The van der Waals surface area contributed by atoms with Crippen molar-refractivity contribution < 1.29 is 14.4 Å². The summed E-state index contributed by atoms with van der Waals surface area (Å²) in [7, 11) is 0. The van der Waals surface area contributed by atoms with Crippen LogP contribution >= 0.6 is 22.9 Å². The lowest BCUT2D eigenvalue weighted by Gasteiger charge is -2.09. The van der Waals surface area contributed by atoms with Crippen molar-refractivity contribution in [2.24, 2.45) is 5.92 Å². The van der Waals surface area contributed by atoms with Crippen molar-refractivity contribution in [3.63, 3.8) is 0 Å². The lowest BCUT2D eigenvalue weighted by atomic mass is 10.1. The smallest absolute Gasteiger partial charge is 0.273 e. The molecule has 2 N–H and O–H groups in total. The molecule has 1 unspecified atom stereocenters. The number of halogens is 1. The number of aromatic nitrogens is 1. The molecule has 0 aromatic carbocycles. The van der Waals surface area contributed by atoms with Crippen LogP contribution in [0.5, 0.6) is 0 Å². The van der Waals surface area contributed by atoms with Gasteiger partial charge in [0.2, 0.25) is 0 Å². The van der Waals surface area contributed by atoms with Crippen LogP contribution in [-0.2, 0) is 0 Å². The molecule has 2 heterocycles. The number of amides is 1. The van der Waals surface area contributed by atoms with Crippen LogP contribution in [-0.4, -0.2) is 29.3 Å². The predicted octanol–water partition coefficient (Wildman–Crippen LogP) is 2.80. The second-order valence-corrected chi connectivity index (χ2v) is 6.22. The van der Waals surface area contributed by atoms with E-state index in [9.17, 15) is 4.79 Å². The molecule has 0 spiro atoms. The number of aliphatic hydroxyl groups is 1. The maximum atomic E-state index is 11.9. The molecule has 1 amide bonds. The van der Waals surface area contributed by atoms with Gasteiger partial charge in [0.15, 0.2) is 11.5 Å². The number of aliphatic hydroxyl groups excluding tert-OH is 1. The minimum Gasteiger partial charge on any atom is -0.396 e. The van der Waals surface area contributed by atoms with Crippen LogP contribution in [0.4, 0.5) is 0 Å². The zero-order valence-corrected chi connectivity index (χ0v) is 12.5. The number of hydrogen-bond acceptors (Lipinski definition) is 5. The normalized spacial score (nSPS) is 12.3. The highest BCUT2D eigenvalue weighted by molar-refractivity contribution is 7.19. The van der Waals surface area contributed by atoms with E-state index in [0.29, 0.717) is 23.1 Å². The molecule has 0 fully saturated rings. The van der Waals surface area contributed by atoms with Gasteiger partial charge >= 0.3 is 0 Å². The first-order valence-electron chi connectivity index (χ1n) is 6.21. The van der Waals surface area contributed by atoms with Crippen molar-refractivity contribution in [3.8, 4) is 10.6 Å². The first-order chi connectivity index (χ1) is 9.60. The maximum Gasteiger partial charge on any atom is 0.273 e. The lowest BCUT2D eigenvalue weighted by Crippen LogP contribution is -2.28. The molecule has 2 aromatic heterocycles. The van der Waals surface area contributed by atoms with Gasteiger partial charge < -0.3 is 14.9 Å². The van der Waals surface area contributed by atoms with Crippen LogP contribution in [0, 0.1) is 5.92 Å². The van der Waals surface area contributed by atoms with Crippen molar-refractivity contribution in [1.82, 2.24) is 10.5 Å². The molecule has 2 aromatic rings. The highest BCUT2D eigenvalue weighted by Crippen LogP contribution is 2.31. The molecule has 0 radical (unpaired) electrons. The molecule has 0 saturated carbocycles. The quantitative estimate of drug-likeness (QED) is 0.859. The van der Waals surface area contributed by atoms with Crippen LogP contribution in [0.1, 0.15) is 23.8 Å². The summed E-state index contributed by atoms with van der Waals surface area (Å²) in [6.07, 6.45) is 0.651. The molecule has 0 aliphatic carbocycles. The fourth-order valence-electron chi connectivity index (χ4n) is 1.63. The summed E-state index contributed by atoms with van der Waals surface area (Å²) in [6, 6.07) is 5.17. The second-order valence-electron chi connectivity index (χ2n) is 4.51. The monoisotopic (exact) mass is 314 g/mol. The van der Waals surface area contributed by atoms with Gasteiger partial charge in [-0.1, -0.05) is 23.7 Å². The zero-order chi connectivity index (χ0) is 14.5. The molecule has 108 valence electrons. The van der Waals surface area contributed by atoms with Crippen LogP contribution in [0.2, 0.25) is 4.34 Å². The lowest BCUT2D eigenvalue weighted by molar-refractivity contribution is 0.0936. The summed E-state index contributed by atoms with van der Waals surface area (Å²) < 4.78 is 5.79.